The molecule has 3 atom stereocenters. The highest BCUT2D eigenvalue weighted by atomic mass is 16.4. The summed E-state index contributed by atoms with van der Waals surface area (Å²) in [4.78, 5) is 23.3. The Morgan fingerprint density at radius 3 is 2.35 bits per heavy atom. The maximum absolute atomic E-state index is 12.0. The third-order valence-corrected chi connectivity index (χ3v) is 4.24. The number of rotatable bonds is 5. The smallest absolute Gasteiger partial charge is 0.329 e. The molecule has 0 aromatic rings. The number of carboxylic acids is 1. The van der Waals surface area contributed by atoms with Gasteiger partial charge in [0, 0.05) is 5.92 Å². The van der Waals surface area contributed by atoms with Gasteiger partial charge in [-0.1, -0.05) is 13.3 Å². The minimum Gasteiger partial charge on any atom is -0.480 e. The number of nitrogens with one attached hydrogen (secondary N) is 1. The van der Waals surface area contributed by atoms with Crippen molar-refractivity contribution in [2.24, 2.45) is 17.8 Å². The summed E-state index contributed by atoms with van der Waals surface area (Å²) in [6.07, 6.45) is 4.41. The van der Waals surface area contributed by atoms with Crippen molar-refractivity contribution in [3.8, 4) is 0 Å². The Bertz CT molecular complexity index is 332. The van der Waals surface area contributed by atoms with Crippen LogP contribution in [-0.2, 0) is 9.59 Å². The summed E-state index contributed by atoms with van der Waals surface area (Å²) in [5.74, 6) is 0.543. The average molecular weight is 239 g/mol. The molecule has 2 rings (SSSR count). The first kappa shape index (κ1) is 12.4. The minimum atomic E-state index is -1.10. The topological polar surface area (TPSA) is 66.4 Å². The Balaban J connectivity index is 1.93. The molecule has 4 heteroatoms. The van der Waals surface area contributed by atoms with E-state index in [4.69, 9.17) is 0 Å². The number of carbonyl (C=O) groups is 2. The van der Waals surface area contributed by atoms with Crippen LogP contribution in [0, 0.1) is 17.8 Å². The zero-order valence-corrected chi connectivity index (χ0v) is 10.5. The standard InChI is InChI=1S/C13H21NO3/c1-3-4-13(2,12(16)17)14-11(15)10-6-8-5-9(8)7-10/h8-10H,3-7H2,1-2H3,(H,14,15)(H,16,17). The second-order valence-electron chi connectivity index (χ2n) is 5.80. The van der Waals surface area contributed by atoms with Crippen LogP contribution in [0.4, 0.5) is 0 Å². The van der Waals surface area contributed by atoms with Gasteiger partial charge in [0.2, 0.25) is 5.91 Å². The van der Waals surface area contributed by atoms with Gasteiger partial charge in [0.15, 0.2) is 0 Å². The molecule has 2 aliphatic carbocycles. The second-order valence-corrected chi connectivity index (χ2v) is 5.80. The van der Waals surface area contributed by atoms with Gasteiger partial charge in [0.1, 0.15) is 5.54 Å². The fraction of sp³-hybridized carbons (Fsp3) is 0.846. The van der Waals surface area contributed by atoms with Crippen molar-refractivity contribution < 1.29 is 14.7 Å². The van der Waals surface area contributed by atoms with Crippen LogP contribution >= 0.6 is 0 Å². The van der Waals surface area contributed by atoms with E-state index in [1.807, 2.05) is 6.92 Å². The van der Waals surface area contributed by atoms with Gasteiger partial charge in [-0.05, 0) is 44.4 Å². The number of carboxylic acid groups (broad SMARTS) is 1. The lowest BCUT2D eigenvalue weighted by molar-refractivity contribution is -0.148. The van der Waals surface area contributed by atoms with Gasteiger partial charge >= 0.3 is 5.97 Å². The van der Waals surface area contributed by atoms with Crippen molar-refractivity contribution in [2.75, 3.05) is 0 Å². The van der Waals surface area contributed by atoms with Gasteiger partial charge in [0.05, 0.1) is 0 Å². The summed E-state index contributed by atoms with van der Waals surface area (Å²) in [6, 6.07) is 0. The highest BCUT2D eigenvalue weighted by molar-refractivity contribution is 5.88. The first-order valence-corrected chi connectivity index (χ1v) is 6.51. The molecule has 2 fully saturated rings. The molecule has 4 nitrogen and oxygen atoms in total. The Kier molecular flexibility index (Phi) is 3.15. The van der Waals surface area contributed by atoms with Crippen LogP contribution in [0.5, 0.6) is 0 Å². The van der Waals surface area contributed by atoms with Gasteiger partial charge in [-0.15, -0.1) is 0 Å². The number of aliphatic carboxylic acids is 1. The number of hydrogen-bond donors (Lipinski definition) is 2. The highest BCUT2D eigenvalue weighted by Gasteiger charge is 2.49. The molecule has 2 N–H and O–H groups in total. The fourth-order valence-electron chi connectivity index (χ4n) is 3.03. The van der Waals surface area contributed by atoms with Crippen molar-refractivity contribution in [3.05, 3.63) is 0 Å². The number of carbonyl (C=O) groups excluding carboxylic acids is 1. The van der Waals surface area contributed by atoms with Crippen molar-refractivity contribution in [2.45, 2.75) is 51.5 Å². The average Bonchev–Trinajstić information content (AvgIpc) is 2.85. The summed E-state index contributed by atoms with van der Waals surface area (Å²) < 4.78 is 0. The minimum absolute atomic E-state index is 0.0503. The van der Waals surface area contributed by atoms with Crippen molar-refractivity contribution >= 4 is 11.9 Å². The number of amides is 1. The van der Waals surface area contributed by atoms with E-state index in [0.717, 1.165) is 31.1 Å². The molecule has 96 valence electrons. The van der Waals surface area contributed by atoms with Crippen molar-refractivity contribution in [1.29, 1.82) is 0 Å². The van der Waals surface area contributed by atoms with Gasteiger partial charge < -0.3 is 10.4 Å². The molecule has 0 aromatic heterocycles. The van der Waals surface area contributed by atoms with Crippen LogP contribution in [0.3, 0.4) is 0 Å². The molecule has 0 saturated heterocycles. The van der Waals surface area contributed by atoms with E-state index >= 15 is 0 Å². The summed E-state index contributed by atoms with van der Waals surface area (Å²) in [7, 11) is 0. The van der Waals surface area contributed by atoms with Crippen molar-refractivity contribution in [3.63, 3.8) is 0 Å². The van der Waals surface area contributed by atoms with E-state index in [2.05, 4.69) is 5.32 Å². The largest absolute Gasteiger partial charge is 0.480 e. The zero-order chi connectivity index (χ0) is 12.6. The third-order valence-electron chi connectivity index (χ3n) is 4.24. The summed E-state index contributed by atoms with van der Waals surface area (Å²) in [5, 5.41) is 11.9. The summed E-state index contributed by atoms with van der Waals surface area (Å²) in [5.41, 5.74) is -1.10. The first-order valence-electron chi connectivity index (χ1n) is 6.51. The van der Waals surface area contributed by atoms with Crippen LogP contribution < -0.4 is 5.32 Å². The lowest BCUT2D eigenvalue weighted by atomic mass is 9.94. The molecule has 0 radical (unpaired) electrons. The van der Waals surface area contributed by atoms with E-state index in [-0.39, 0.29) is 11.8 Å². The van der Waals surface area contributed by atoms with Crippen LogP contribution in [0.15, 0.2) is 0 Å². The Labute approximate surface area is 102 Å². The van der Waals surface area contributed by atoms with Crippen molar-refractivity contribution in [1.82, 2.24) is 5.32 Å². The Hall–Kier alpha value is -1.06. The molecule has 2 saturated carbocycles. The fourth-order valence-corrected chi connectivity index (χ4v) is 3.03. The molecule has 1 amide bonds. The molecular weight excluding hydrogens is 218 g/mol. The van der Waals surface area contributed by atoms with Crippen LogP contribution in [0.2, 0.25) is 0 Å². The van der Waals surface area contributed by atoms with Gasteiger partial charge in [0.25, 0.3) is 0 Å². The molecule has 2 aliphatic rings. The predicted octanol–water partition coefficient (Wildman–Crippen LogP) is 1.79. The third kappa shape index (κ3) is 2.45. The molecule has 0 spiro atoms. The van der Waals surface area contributed by atoms with Gasteiger partial charge in [-0.3, -0.25) is 4.79 Å². The van der Waals surface area contributed by atoms with E-state index in [1.165, 1.54) is 6.42 Å². The summed E-state index contributed by atoms with van der Waals surface area (Å²) >= 11 is 0. The van der Waals surface area contributed by atoms with Crippen LogP contribution in [0.1, 0.15) is 46.0 Å². The molecule has 0 bridgehead atoms. The van der Waals surface area contributed by atoms with Crippen LogP contribution in [0.25, 0.3) is 0 Å². The number of hydrogen-bond acceptors (Lipinski definition) is 2. The maximum Gasteiger partial charge on any atom is 0.329 e. The van der Waals surface area contributed by atoms with Crippen LogP contribution in [-0.4, -0.2) is 22.5 Å². The lowest BCUT2D eigenvalue weighted by Gasteiger charge is -2.27. The Morgan fingerprint density at radius 2 is 1.88 bits per heavy atom. The first-order chi connectivity index (χ1) is 7.96. The van der Waals surface area contributed by atoms with Gasteiger partial charge in [-0.25, -0.2) is 4.79 Å². The quantitative estimate of drug-likeness (QED) is 0.768. The highest BCUT2D eigenvalue weighted by Crippen LogP contribution is 2.54. The van der Waals surface area contributed by atoms with E-state index in [0.29, 0.717) is 6.42 Å². The SMILES string of the molecule is CCCC(C)(NC(=O)C1CC2CC2C1)C(=O)O. The van der Waals surface area contributed by atoms with E-state index < -0.39 is 11.5 Å². The second kappa shape index (κ2) is 4.31. The zero-order valence-electron chi connectivity index (χ0n) is 10.5. The number of fused-ring (bicyclic) bond motifs is 1. The van der Waals surface area contributed by atoms with Gasteiger partial charge in [-0.2, -0.15) is 0 Å². The molecule has 3 unspecified atom stereocenters. The lowest BCUT2D eigenvalue weighted by Crippen LogP contribution is -2.53. The molecular formula is C13H21NO3. The summed E-state index contributed by atoms with van der Waals surface area (Å²) in [6.45, 7) is 3.53. The monoisotopic (exact) mass is 239 g/mol. The Morgan fingerprint density at radius 1 is 1.29 bits per heavy atom. The normalized spacial score (nSPS) is 33.6. The predicted molar refractivity (Wildman–Crippen MR) is 63.4 cm³/mol. The molecule has 17 heavy (non-hydrogen) atoms. The molecule has 0 heterocycles. The van der Waals surface area contributed by atoms with E-state index in [1.54, 1.807) is 6.92 Å². The molecule has 0 aliphatic heterocycles. The molecule has 0 aromatic carbocycles. The maximum atomic E-state index is 12.0. The van der Waals surface area contributed by atoms with E-state index in [9.17, 15) is 14.7 Å².